The van der Waals surface area contributed by atoms with Crippen LogP contribution in [0.1, 0.15) is 41.4 Å². The van der Waals surface area contributed by atoms with Gasteiger partial charge in [-0.25, -0.2) is 0 Å². The number of amides is 2. The molecule has 0 spiro atoms. The van der Waals surface area contributed by atoms with Crippen LogP contribution in [0.4, 0.5) is 0 Å². The average Bonchev–Trinajstić information content (AvgIpc) is 3.24. The molecule has 8 nitrogen and oxygen atoms in total. The lowest BCUT2D eigenvalue weighted by Crippen LogP contribution is -2.34. The molecule has 0 saturated carbocycles. The van der Waals surface area contributed by atoms with E-state index >= 15 is 0 Å². The highest BCUT2D eigenvalue weighted by Gasteiger charge is 2.17. The SMILES string of the molecule is CCc1ccc(C(C)NC(=O)COC(=O)CNC(=O)c2ccc3c(c2)OCO3)cc1. The number of hydrogen-bond acceptors (Lipinski definition) is 6. The van der Waals surface area contributed by atoms with Crippen LogP contribution < -0.4 is 20.1 Å². The van der Waals surface area contributed by atoms with Crippen LogP contribution in [-0.4, -0.2) is 37.7 Å². The largest absolute Gasteiger partial charge is 0.454 e. The van der Waals surface area contributed by atoms with E-state index in [-0.39, 0.29) is 19.4 Å². The lowest BCUT2D eigenvalue weighted by Gasteiger charge is -2.15. The number of esters is 1. The molecule has 0 bridgehead atoms. The maximum atomic E-state index is 12.1. The molecule has 0 fully saturated rings. The van der Waals surface area contributed by atoms with E-state index in [1.165, 1.54) is 11.6 Å². The van der Waals surface area contributed by atoms with Crippen molar-refractivity contribution in [2.24, 2.45) is 0 Å². The number of fused-ring (bicyclic) bond motifs is 1. The molecule has 3 rings (SSSR count). The maximum Gasteiger partial charge on any atom is 0.325 e. The topological polar surface area (TPSA) is 103 Å². The van der Waals surface area contributed by atoms with Gasteiger partial charge in [0.05, 0.1) is 6.04 Å². The molecule has 2 N–H and O–H groups in total. The van der Waals surface area contributed by atoms with E-state index in [1.807, 2.05) is 31.2 Å². The summed E-state index contributed by atoms with van der Waals surface area (Å²) in [6.07, 6.45) is 0.947. The highest BCUT2D eigenvalue weighted by atomic mass is 16.7. The molecule has 0 aliphatic carbocycles. The number of rotatable bonds is 8. The minimum absolute atomic E-state index is 0.109. The Morgan fingerprint density at radius 2 is 1.80 bits per heavy atom. The van der Waals surface area contributed by atoms with Gasteiger partial charge < -0.3 is 24.8 Å². The van der Waals surface area contributed by atoms with E-state index in [4.69, 9.17) is 14.2 Å². The minimum atomic E-state index is -0.709. The van der Waals surface area contributed by atoms with E-state index in [0.29, 0.717) is 17.1 Å². The maximum absolute atomic E-state index is 12.1. The monoisotopic (exact) mass is 412 g/mol. The summed E-state index contributed by atoms with van der Waals surface area (Å²) >= 11 is 0. The van der Waals surface area contributed by atoms with Gasteiger partial charge in [-0.2, -0.15) is 0 Å². The molecule has 8 heteroatoms. The first kappa shape index (κ1) is 21.2. The van der Waals surface area contributed by atoms with E-state index in [9.17, 15) is 14.4 Å². The van der Waals surface area contributed by atoms with E-state index in [0.717, 1.165) is 12.0 Å². The fraction of sp³-hybridized carbons (Fsp3) is 0.318. The molecule has 0 saturated heterocycles. The molecular formula is C22H24N2O6. The Morgan fingerprint density at radius 3 is 2.53 bits per heavy atom. The van der Waals surface area contributed by atoms with Crippen LogP contribution in [0.3, 0.4) is 0 Å². The molecule has 2 aromatic carbocycles. The third-order valence-corrected chi connectivity index (χ3v) is 4.66. The van der Waals surface area contributed by atoms with Crippen molar-refractivity contribution in [1.82, 2.24) is 10.6 Å². The van der Waals surface area contributed by atoms with Crippen molar-refractivity contribution in [3.63, 3.8) is 0 Å². The van der Waals surface area contributed by atoms with Gasteiger partial charge in [0.1, 0.15) is 6.54 Å². The van der Waals surface area contributed by atoms with Crippen molar-refractivity contribution in [2.45, 2.75) is 26.3 Å². The van der Waals surface area contributed by atoms with Crippen LogP contribution in [0.25, 0.3) is 0 Å². The van der Waals surface area contributed by atoms with E-state index in [1.54, 1.807) is 12.1 Å². The Hall–Kier alpha value is -3.55. The summed E-state index contributed by atoms with van der Waals surface area (Å²) < 4.78 is 15.3. The second-order valence-corrected chi connectivity index (χ2v) is 6.80. The highest BCUT2D eigenvalue weighted by molar-refractivity contribution is 5.96. The first-order valence-electron chi connectivity index (χ1n) is 9.68. The first-order valence-corrected chi connectivity index (χ1v) is 9.68. The molecule has 158 valence electrons. The van der Waals surface area contributed by atoms with Crippen LogP contribution >= 0.6 is 0 Å². The second kappa shape index (κ2) is 9.78. The molecule has 1 aliphatic heterocycles. The highest BCUT2D eigenvalue weighted by Crippen LogP contribution is 2.32. The molecule has 1 aliphatic rings. The van der Waals surface area contributed by atoms with Crippen molar-refractivity contribution in [3.8, 4) is 11.5 Å². The summed E-state index contributed by atoms with van der Waals surface area (Å²) in [6.45, 7) is 3.26. The zero-order valence-corrected chi connectivity index (χ0v) is 16.9. The molecule has 1 unspecified atom stereocenters. The molecule has 30 heavy (non-hydrogen) atoms. The predicted octanol–water partition coefficient (Wildman–Crippen LogP) is 2.13. The summed E-state index contributed by atoms with van der Waals surface area (Å²) in [5.74, 6) is -0.552. The summed E-state index contributed by atoms with van der Waals surface area (Å²) in [6, 6.07) is 12.5. The van der Waals surface area contributed by atoms with Gasteiger partial charge in [0.15, 0.2) is 18.1 Å². The van der Waals surface area contributed by atoms with Gasteiger partial charge in [-0.15, -0.1) is 0 Å². The summed E-state index contributed by atoms with van der Waals surface area (Å²) in [5.41, 5.74) is 2.50. The van der Waals surface area contributed by atoms with Gasteiger partial charge in [0, 0.05) is 5.56 Å². The third kappa shape index (κ3) is 5.50. The van der Waals surface area contributed by atoms with Crippen LogP contribution in [0, 0.1) is 0 Å². The smallest absolute Gasteiger partial charge is 0.325 e. The van der Waals surface area contributed by atoms with Crippen LogP contribution in [0.15, 0.2) is 42.5 Å². The van der Waals surface area contributed by atoms with E-state index < -0.39 is 24.4 Å². The summed E-state index contributed by atoms with van der Waals surface area (Å²) in [7, 11) is 0. The Balaban J connectivity index is 1.39. The summed E-state index contributed by atoms with van der Waals surface area (Å²) in [4.78, 5) is 36.0. The average molecular weight is 412 g/mol. The van der Waals surface area contributed by atoms with Gasteiger partial charge in [0.2, 0.25) is 6.79 Å². The lowest BCUT2D eigenvalue weighted by atomic mass is 10.1. The van der Waals surface area contributed by atoms with Crippen LogP contribution in [0.2, 0.25) is 0 Å². The number of nitrogens with one attached hydrogen (secondary N) is 2. The number of carbonyl (C=O) groups is 3. The zero-order valence-electron chi connectivity index (χ0n) is 16.9. The number of ether oxygens (including phenoxy) is 3. The fourth-order valence-electron chi connectivity index (χ4n) is 2.90. The number of benzene rings is 2. The Labute approximate surface area is 174 Å². The molecular weight excluding hydrogens is 388 g/mol. The van der Waals surface area contributed by atoms with Gasteiger partial charge in [-0.3, -0.25) is 14.4 Å². The van der Waals surface area contributed by atoms with Crippen molar-refractivity contribution in [3.05, 3.63) is 59.2 Å². The normalized spacial score (nSPS) is 12.7. The first-order chi connectivity index (χ1) is 14.5. The predicted molar refractivity (Wildman–Crippen MR) is 108 cm³/mol. The van der Waals surface area contributed by atoms with Crippen molar-refractivity contribution in [1.29, 1.82) is 0 Å². The fourth-order valence-corrected chi connectivity index (χ4v) is 2.90. The molecule has 2 aromatic rings. The van der Waals surface area contributed by atoms with Crippen molar-refractivity contribution < 1.29 is 28.6 Å². The van der Waals surface area contributed by atoms with Gasteiger partial charge >= 0.3 is 5.97 Å². The van der Waals surface area contributed by atoms with E-state index in [2.05, 4.69) is 17.6 Å². The van der Waals surface area contributed by atoms with Crippen LogP contribution in [0.5, 0.6) is 11.5 Å². The van der Waals surface area contributed by atoms with Crippen molar-refractivity contribution in [2.75, 3.05) is 19.9 Å². The number of hydrogen-bond donors (Lipinski definition) is 2. The molecule has 1 atom stereocenters. The van der Waals surface area contributed by atoms with Gasteiger partial charge in [0.25, 0.3) is 11.8 Å². The van der Waals surface area contributed by atoms with Crippen molar-refractivity contribution >= 4 is 17.8 Å². The van der Waals surface area contributed by atoms with Gasteiger partial charge in [-0.1, -0.05) is 31.2 Å². The molecule has 0 radical (unpaired) electrons. The molecule has 1 heterocycles. The zero-order chi connectivity index (χ0) is 21.5. The molecule has 0 aromatic heterocycles. The third-order valence-electron chi connectivity index (χ3n) is 4.66. The number of carbonyl (C=O) groups excluding carboxylic acids is 3. The Morgan fingerprint density at radius 1 is 1.07 bits per heavy atom. The Kier molecular flexibility index (Phi) is 6.90. The van der Waals surface area contributed by atoms with Crippen LogP contribution in [-0.2, 0) is 20.7 Å². The lowest BCUT2D eigenvalue weighted by molar-refractivity contribution is -0.147. The minimum Gasteiger partial charge on any atom is -0.454 e. The molecule has 2 amide bonds. The van der Waals surface area contributed by atoms with Gasteiger partial charge in [-0.05, 0) is 42.7 Å². The standard InChI is InChI=1S/C22H24N2O6/c1-3-15-4-6-16(7-5-15)14(2)24-20(25)12-28-21(26)11-23-22(27)17-8-9-18-19(10-17)30-13-29-18/h4-10,14H,3,11-13H2,1-2H3,(H,23,27)(H,24,25). The quantitative estimate of drug-likeness (QED) is 0.644. The Bertz CT molecular complexity index is 926. The number of aryl methyl sites for hydroxylation is 1. The second-order valence-electron chi connectivity index (χ2n) is 6.80. The summed E-state index contributed by atoms with van der Waals surface area (Å²) in [5, 5.41) is 5.22.